The number of pyridine rings is 1. The number of rotatable bonds is 5. The van der Waals surface area contributed by atoms with Crippen molar-refractivity contribution in [3.05, 3.63) is 29.8 Å². The van der Waals surface area contributed by atoms with Gasteiger partial charge in [0.2, 0.25) is 0 Å². The highest BCUT2D eigenvalue weighted by molar-refractivity contribution is 5.17. The molecule has 2 atom stereocenters. The fraction of sp³-hybridized carbons (Fsp3) is 0.643. The number of nitrogens with two attached hydrogens (primary N) is 1. The molecule has 2 rings (SSSR count). The minimum absolute atomic E-state index is 0.0473. The first-order valence-electron chi connectivity index (χ1n) is 6.85. The third kappa shape index (κ3) is 3.49. The van der Waals surface area contributed by atoms with E-state index in [4.69, 9.17) is 10.6 Å². The average Bonchev–Trinajstić information content (AvgIpc) is 2.45. The van der Waals surface area contributed by atoms with Crippen LogP contribution in [0.4, 0.5) is 4.39 Å². The molecule has 1 heterocycles. The van der Waals surface area contributed by atoms with Crippen molar-refractivity contribution >= 4 is 0 Å². The zero-order valence-electron chi connectivity index (χ0n) is 11.3. The lowest BCUT2D eigenvalue weighted by molar-refractivity contribution is 0.00735. The van der Waals surface area contributed by atoms with Gasteiger partial charge in [-0.15, -0.1) is 0 Å². The second kappa shape index (κ2) is 6.93. The molecular formula is C14H22FN3O. The predicted octanol–water partition coefficient (Wildman–Crippen LogP) is 2.32. The van der Waals surface area contributed by atoms with Crippen molar-refractivity contribution in [3.63, 3.8) is 0 Å². The number of methoxy groups -OCH3 is 1. The molecule has 19 heavy (non-hydrogen) atoms. The topological polar surface area (TPSA) is 60.2 Å². The van der Waals surface area contributed by atoms with Crippen LogP contribution in [0.2, 0.25) is 0 Å². The molecular weight excluding hydrogens is 245 g/mol. The van der Waals surface area contributed by atoms with Crippen molar-refractivity contribution in [2.24, 2.45) is 11.8 Å². The molecule has 0 radical (unpaired) electrons. The number of hydrogen-bond donors (Lipinski definition) is 2. The number of hydrogen-bond acceptors (Lipinski definition) is 4. The summed E-state index contributed by atoms with van der Waals surface area (Å²) in [5.74, 6) is 5.77. The van der Waals surface area contributed by atoms with Crippen molar-refractivity contribution in [1.29, 1.82) is 0 Å². The SMILES string of the molecule is COC(C1CCCCC1)C(NN)c1cncc(F)c1. The number of hydrazine groups is 1. The van der Waals surface area contributed by atoms with Gasteiger partial charge in [-0.2, -0.15) is 0 Å². The van der Waals surface area contributed by atoms with Gasteiger partial charge in [0.15, 0.2) is 0 Å². The smallest absolute Gasteiger partial charge is 0.141 e. The van der Waals surface area contributed by atoms with Crippen LogP contribution >= 0.6 is 0 Å². The van der Waals surface area contributed by atoms with E-state index in [1.807, 2.05) is 0 Å². The Balaban J connectivity index is 2.17. The van der Waals surface area contributed by atoms with Crippen LogP contribution in [0.25, 0.3) is 0 Å². The molecule has 0 saturated heterocycles. The Kier molecular flexibility index (Phi) is 5.24. The van der Waals surface area contributed by atoms with Crippen LogP contribution in [0.5, 0.6) is 0 Å². The fourth-order valence-electron chi connectivity index (χ4n) is 3.04. The van der Waals surface area contributed by atoms with Gasteiger partial charge < -0.3 is 4.74 Å². The van der Waals surface area contributed by atoms with E-state index in [1.54, 1.807) is 13.3 Å². The summed E-state index contributed by atoms with van der Waals surface area (Å²) in [6.45, 7) is 0. The van der Waals surface area contributed by atoms with Crippen molar-refractivity contribution in [2.45, 2.75) is 44.2 Å². The monoisotopic (exact) mass is 267 g/mol. The predicted molar refractivity (Wildman–Crippen MR) is 71.6 cm³/mol. The van der Waals surface area contributed by atoms with E-state index < -0.39 is 0 Å². The Hall–Kier alpha value is -1.04. The van der Waals surface area contributed by atoms with E-state index in [1.165, 1.54) is 31.5 Å². The standard InChI is InChI=1S/C14H22FN3O/c1-19-14(10-5-3-2-4-6-10)13(18-16)11-7-12(15)9-17-8-11/h7-10,13-14,18H,2-6,16H2,1H3. The molecule has 3 N–H and O–H groups in total. The fourth-order valence-corrected chi connectivity index (χ4v) is 3.04. The summed E-state index contributed by atoms with van der Waals surface area (Å²) in [4.78, 5) is 3.89. The lowest BCUT2D eigenvalue weighted by Crippen LogP contribution is -2.42. The number of aromatic nitrogens is 1. The molecule has 1 saturated carbocycles. The van der Waals surface area contributed by atoms with Crippen LogP contribution in [0.15, 0.2) is 18.5 Å². The molecule has 4 nitrogen and oxygen atoms in total. The van der Waals surface area contributed by atoms with Gasteiger partial charge in [-0.3, -0.25) is 16.3 Å². The lowest BCUT2D eigenvalue weighted by atomic mass is 9.81. The Labute approximate surface area is 113 Å². The van der Waals surface area contributed by atoms with Crippen LogP contribution in [0.1, 0.15) is 43.7 Å². The van der Waals surface area contributed by atoms with Crippen molar-refractivity contribution in [1.82, 2.24) is 10.4 Å². The summed E-state index contributed by atoms with van der Waals surface area (Å²) in [7, 11) is 1.69. The van der Waals surface area contributed by atoms with Gasteiger partial charge in [-0.25, -0.2) is 4.39 Å². The summed E-state index contributed by atoms with van der Waals surface area (Å²) in [5.41, 5.74) is 3.50. The number of nitrogens with zero attached hydrogens (tertiary/aromatic N) is 1. The number of halogens is 1. The van der Waals surface area contributed by atoms with Gasteiger partial charge in [-0.05, 0) is 30.4 Å². The third-order valence-corrected chi connectivity index (χ3v) is 3.98. The van der Waals surface area contributed by atoms with Gasteiger partial charge in [0.05, 0.1) is 18.3 Å². The first kappa shape index (κ1) is 14.4. The van der Waals surface area contributed by atoms with Crippen molar-refractivity contribution < 1.29 is 9.13 Å². The van der Waals surface area contributed by atoms with Crippen LogP contribution in [0.3, 0.4) is 0 Å². The maximum absolute atomic E-state index is 13.3. The Morgan fingerprint density at radius 2 is 2.11 bits per heavy atom. The van der Waals surface area contributed by atoms with E-state index >= 15 is 0 Å². The molecule has 1 fully saturated rings. The number of nitrogens with one attached hydrogen (secondary N) is 1. The lowest BCUT2D eigenvalue weighted by Gasteiger charge is -2.34. The molecule has 0 spiro atoms. The second-order valence-corrected chi connectivity index (χ2v) is 5.18. The summed E-state index contributed by atoms with van der Waals surface area (Å²) >= 11 is 0. The zero-order chi connectivity index (χ0) is 13.7. The molecule has 0 aromatic carbocycles. The quantitative estimate of drug-likeness (QED) is 0.635. The first-order chi connectivity index (χ1) is 9.26. The molecule has 2 unspecified atom stereocenters. The van der Waals surface area contributed by atoms with Gasteiger partial charge in [-0.1, -0.05) is 19.3 Å². The Morgan fingerprint density at radius 3 is 2.68 bits per heavy atom. The molecule has 0 bridgehead atoms. The van der Waals surface area contributed by atoms with E-state index in [0.717, 1.165) is 18.4 Å². The first-order valence-corrected chi connectivity index (χ1v) is 6.85. The molecule has 1 aromatic heterocycles. The summed E-state index contributed by atoms with van der Waals surface area (Å²) in [6.07, 6.45) is 8.80. The normalized spacial score (nSPS) is 20.2. The molecule has 0 aliphatic heterocycles. The summed E-state index contributed by atoms with van der Waals surface area (Å²) in [6, 6.07) is 1.24. The van der Waals surface area contributed by atoms with Crippen LogP contribution in [0, 0.1) is 11.7 Å². The van der Waals surface area contributed by atoms with Crippen molar-refractivity contribution in [2.75, 3.05) is 7.11 Å². The van der Waals surface area contributed by atoms with Crippen LogP contribution in [-0.4, -0.2) is 18.2 Å². The zero-order valence-corrected chi connectivity index (χ0v) is 11.3. The van der Waals surface area contributed by atoms with E-state index in [-0.39, 0.29) is 18.0 Å². The second-order valence-electron chi connectivity index (χ2n) is 5.18. The molecule has 1 aromatic rings. The van der Waals surface area contributed by atoms with Crippen LogP contribution in [-0.2, 0) is 4.74 Å². The molecule has 1 aliphatic carbocycles. The summed E-state index contributed by atoms with van der Waals surface area (Å²) in [5, 5.41) is 0. The molecule has 106 valence electrons. The van der Waals surface area contributed by atoms with Gasteiger partial charge in [0.1, 0.15) is 5.82 Å². The molecule has 0 amide bonds. The summed E-state index contributed by atoms with van der Waals surface area (Å²) < 4.78 is 18.9. The van der Waals surface area contributed by atoms with Gasteiger partial charge in [0, 0.05) is 13.3 Å². The highest BCUT2D eigenvalue weighted by atomic mass is 19.1. The highest BCUT2D eigenvalue weighted by Gasteiger charge is 2.31. The average molecular weight is 267 g/mol. The number of ether oxygens (including phenoxy) is 1. The van der Waals surface area contributed by atoms with Crippen LogP contribution < -0.4 is 11.3 Å². The van der Waals surface area contributed by atoms with E-state index in [0.29, 0.717) is 5.92 Å². The minimum atomic E-state index is -0.351. The van der Waals surface area contributed by atoms with E-state index in [2.05, 4.69) is 10.4 Å². The largest absolute Gasteiger partial charge is 0.379 e. The Bertz CT molecular complexity index is 396. The van der Waals surface area contributed by atoms with E-state index in [9.17, 15) is 4.39 Å². The highest BCUT2D eigenvalue weighted by Crippen LogP contribution is 2.33. The van der Waals surface area contributed by atoms with Gasteiger partial charge in [0.25, 0.3) is 0 Å². The van der Waals surface area contributed by atoms with Crippen molar-refractivity contribution in [3.8, 4) is 0 Å². The third-order valence-electron chi connectivity index (χ3n) is 3.98. The van der Waals surface area contributed by atoms with Gasteiger partial charge >= 0.3 is 0 Å². The maximum Gasteiger partial charge on any atom is 0.141 e. The minimum Gasteiger partial charge on any atom is -0.379 e. The molecule has 5 heteroatoms. The molecule has 1 aliphatic rings. The Morgan fingerprint density at radius 1 is 1.37 bits per heavy atom. The maximum atomic E-state index is 13.3.